The van der Waals surface area contributed by atoms with Gasteiger partial charge in [0.1, 0.15) is 12.4 Å². The molecule has 0 saturated carbocycles. The Hall–Kier alpha value is -3.08. The van der Waals surface area contributed by atoms with Crippen molar-refractivity contribution in [2.75, 3.05) is 7.11 Å². The Kier molecular flexibility index (Phi) is 8.25. The van der Waals surface area contributed by atoms with Gasteiger partial charge in [-0.2, -0.15) is 13.2 Å². The largest absolute Gasteiger partial charge is 0.467 e. The van der Waals surface area contributed by atoms with Gasteiger partial charge in [-0.25, -0.2) is 9.59 Å². The zero-order valence-electron chi connectivity index (χ0n) is 16.9. The van der Waals surface area contributed by atoms with Gasteiger partial charge >= 0.3 is 24.2 Å². The predicted octanol–water partition coefficient (Wildman–Crippen LogP) is 4.39. The highest BCUT2D eigenvalue weighted by atomic mass is 79.9. The summed E-state index contributed by atoms with van der Waals surface area (Å²) in [7, 11) is 0.701. The number of benzene rings is 2. The number of carbonyl (C=O) groups excluding carboxylic acids is 3. The topological polar surface area (TPSA) is 90.9 Å². The molecular formula is C21H19BrF3NO6. The number of ether oxygens (including phenoxy) is 3. The standard InChI is InChI=1S/C21H19BrF3NO6/c1-13(17(27)32-16-10-8-15(22)9-11-16)20(18(28)30-2,21(23,24)25)26-19(29)31-12-14-6-4-3-5-7-14/h3-11,13H,12H2,1-2H3,(H,26,29)/t13-,20-/m0/s1. The molecular weight excluding hydrogens is 499 g/mol. The molecule has 0 bridgehead atoms. The minimum atomic E-state index is -5.43. The SMILES string of the molecule is COC(=O)[C@@](NC(=O)OCc1ccccc1)([C@@H](C)C(=O)Oc1ccc(Br)cc1)C(F)(F)F. The number of hydrogen-bond donors (Lipinski definition) is 1. The average molecular weight is 518 g/mol. The third kappa shape index (κ3) is 5.78. The number of carbonyl (C=O) groups is 3. The maximum atomic E-state index is 14.2. The van der Waals surface area contributed by atoms with Crippen LogP contribution < -0.4 is 10.1 Å². The van der Waals surface area contributed by atoms with Crippen LogP contribution in [0.1, 0.15) is 12.5 Å². The highest BCUT2D eigenvalue weighted by Gasteiger charge is 2.68. The Morgan fingerprint density at radius 2 is 1.62 bits per heavy atom. The van der Waals surface area contributed by atoms with E-state index < -0.39 is 35.7 Å². The van der Waals surface area contributed by atoms with Crippen LogP contribution in [0, 0.1) is 5.92 Å². The number of halogens is 4. The fourth-order valence-electron chi connectivity index (χ4n) is 2.73. The molecule has 0 unspecified atom stereocenters. The number of amides is 1. The van der Waals surface area contributed by atoms with Crippen molar-refractivity contribution >= 4 is 34.0 Å². The molecule has 0 saturated heterocycles. The molecule has 0 spiro atoms. The smallest absolute Gasteiger partial charge is 0.423 e. The predicted molar refractivity (Wildman–Crippen MR) is 110 cm³/mol. The first-order chi connectivity index (χ1) is 15.0. The van der Waals surface area contributed by atoms with Crippen LogP contribution in [-0.2, 0) is 25.7 Å². The summed E-state index contributed by atoms with van der Waals surface area (Å²) in [6.45, 7) is 0.433. The molecule has 32 heavy (non-hydrogen) atoms. The maximum absolute atomic E-state index is 14.2. The lowest BCUT2D eigenvalue weighted by Gasteiger charge is -2.36. The third-order valence-electron chi connectivity index (χ3n) is 4.50. The van der Waals surface area contributed by atoms with E-state index in [0.29, 0.717) is 17.1 Å². The molecule has 0 radical (unpaired) electrons. The lowest BCUT2D eigenvalue weighted by molar-refractivity contribution is -0.223. The first kappa shape index (κ1) is 25.2. The zero-order chi connectivity index (χ0) is 23.9. The van der Waals surface area contributed by atoms with Crippen molar-refractivity contribution in [2.24, 2.45) is 5.92 Å². The van der Waals surface area contributed by atoms with Crippen LogP contribution in [0.2, 0.25) is 0 Å². The van der Waals surface area contributed by atoms with Gasteiger partial charge in [0.2, 0.25) is 5.54 Å². The van der Waals surface area contributed by atoms with Gasteiger partial charge < -0.3 is 14.2 Å². The van der Waals surface area contributed by atoms with Crippen molar-refractivity contribution < 1.29 is 41.8 Å². The lowest BCUT2D eigenvalue weighted by Crippen LogP contribution is -2.69. The number of nitrogens with one attached hydrogen (secondary N) is 1. The molecule has 7 nitrogen and oxygen atoms in total. The second-order valence-electron chi connectivity index (χ2n) is 6.58. The summed E-state index contributed by atoms with van der Waals surface area (Å²) in [5, 5.41) is 1.50. The maximum Gasteiger partial charge on any atom is 0.423 e. The Balaban J connectivity index is 2.30. The van der Waals surface area contributed by atoms with Gasteiger partial charge in [0.15, 0.2) is 0 Å². The minimum Gasteiger partial charge on any atom is -0.467 e. The van der Waals surface area contributed by atoms with E-state index in [1.807, 2.05) is 0 Å². The van der Waals surface area contributed by atoms with E-state index in [2.05, 4.69) is 20.7 Å². The van der Waals surface area contributed by atoms with Gasteiger partial charge in [-0.15, -0.1) is 0 Å². The minimum absolute atomic E-state index is 0.0577. The summed E-state index contributed by atoms with van der Waals surface area (Å²) in [5.41, 5.74) is -3.25. The monoisotopic (exact) mass is 517 g/mol. The van der Waals surface area contributed by atoms with E-state index in [9.17, 15) is 27.6 Å². The lowest BCUT2D eigenvalue weighted by atomic mass is 9.84. The fraction of sp³-hybridized carbons (Fsp3) is 0.286. The Labute approximate surface area is 190 Å². The third-order valence-corrected chi connectivity index (χ3v) is 5.03. The van der Waals surface area contributed by atoms with Crippen LogP contribution in [-0.4, -0.2) is 36.9 Å². The van der Waals surface area contributed by atoms with E-state index in [1.54, 1.807) is 30.3 Å². The molecule has 2 atom stereocenters. The molecule has 0 aliphatic heterocycles. The molecule has 172 valence electrons. The summed E-state index contributed by atoms with van der Waals surface area (Å²) in [6, 6.07) is 13.8. The first-order valence-electron chi connectivity index (χ1n) is 9.12. The van der Waals surface area contributed by atoms with Crippen LogP contribution in [0.25, 0.3) is 0 Å². The number of methoxy groups -OCH3 is 1. The van der Waals surface area contributed by atoms with Crippen LogP contribution in [0.3, 0.4) is 0 Å². The average Bonchev–Trinajstić information content (AvgIpc) is 2.76. The van der Waals surface area contributed by atoms with Gasteiger partial charge in [-0.1, -0.05) is 46.3 Å². The molecule has 0 aliphatic rings. The molecule has 1 amide bonds. The van der Waals surface area contributed by atoms with E-state index >= 15 is 0 Å². The van der Waals surface area contributed by atoms with Crippen LogP contribution in [0.5, 0.6) is 5.75 Å². The van der Waals surface area contributed by atoms with Crippen LogP contribution in [0.15, 0.2) is 59.1 Å². The van der Waals surface area contributed by atoms with E-state index in [-0.39, 0.29) is 12.4 Å². The van der Waals surface area contributed by atoms with Crippen molar-refractivity contribution in [3.63, 3.8) is 0 Å². The molecule has 0 aliphatic carbocycles. The summed E-state index contributed by atoms with van der Waals surface area (Å²) >= 11 is 3.17. The van der Waals surface area contributed by atoms with Crippen molar-refractivity contribution in [1.29, 1.82) is 0 Å². The second kappa shape index (κ2) is 10.5. The van der Waals surface area contributed by atoms with Gasteiger partial charge in [0.05, 0.1) is 13.0 Å². The molecule has 0 fully saturated rings. The van der Waals surface area contributed by atoms with Gasteiger partial charge in [0.25, 0.3) is 0 Å². The highest BCUT2D eigenvalue weighted by molar-refractivity contribution is 9.10. The summed E-state index contributed by atoms with van der Waals surface area (Å²) in [6.07, 6.45) is -7.00. The fourth-order valence-corrected chi connectivity index (χ4v) is 3.00. The van der Waals surface area contributed by atoms with Crippen molar-refractivity contribution in [2.45, 2.75) is 25.2 Å². The molecule has 11 heteroatoms. The van der Waals surface area contributed by atoms with Crippen molar-refractivity contribution in [1.82, 2.24) is 5.32 Å². The second-order valence-corrected chi connectivity index (χ2v) is 7.50. The van der Waals surface area contributed by atoms with Crippen molar-refractivity contribution in [3.8, 4) is 5.75 Å². The zero-order valence-corrected chi connectivity index (χ0v) is 18.5. The number of esters is 2. The van der Waals surface area contributed by atoms with Gasteiger partial charge in [-0.3, -0.25) is 10.1 Å². The summed E-state index contributed by atoms with van der Waals surface area (Å²) < 4.78 is 57.2. The number of rotatable bonds is 7. The van der Waals surface area contributed by atoms with Gasteiger partial charge in [-0.05, 0) is 36.8 Å². The Morgan fingerprint density at radius 1 is 1.03 bits per heavy atom. The van der Waals surface area contributed by atoms with Crippen LogP contribution in [0.4, 0.5) is 18.0 Å². The molecule has 0 heterocycles. The Bertz CT molecular complexity index is 952. The van der Waals surface area contributed by atoms with Gasteiger partial charge in [0, 0.05) is 4.47 Å². The molecule has 0 aromatic heterocycles. The van der Waals surface area contributed by atoms with Crippen LogP contribution >= 0.6 is 15.9 Å². The van der Waals surface area contributed by atoms with E-state index in [4.69, 9.17) is 9.47 Å². The van der Waals surface area contributed by atoms with E-state index in [0.717, 1.165) is 6.92 Å². The van der Waals surface area contributed by atoms with Crippen molar-refractivity contribution in [3.05, 3.63) is 64.6 Å². The normalized spacial score (nSPS) is 13.9. The summed E-state index contributed by atoms with van der Waals surface area (Å²) in [5.74, 6) is -5.60. The summed E-state index contributed by atoms with van der Waals surface area (Å²) in [4.78, 5) is 37.1. The molecule has 2 aromatic rings. The number of alkyl carbamates (subject to hydrolysis) is 1. The Morgan fingerprint density at radius 3 is 2.16 bits per heavy atom. The van der Waals surface area contributed by atoms with E-state index in [1.165, 1.54) is 29.6 Å². The molecule has 2 aromatic carbocycles. The first-order valence-corrected chi connectivity index (χ1v) is 9.92. The number of alkyl halides is 3. The molecule has 2 rings (SSSR count). The quantitative estimate of drug-likeness (QED) is 0.432. The highest BCUT2D eigenvalue weighted by Crippen LogP contribution is 2.38. The molecule has 1 N–H and O–H groups in total. The number of hydrogen-bond acceptors (Lipinski definition) is 6.